The summed E-state index contributed by atoms with van der Waals surface area (Å²) in [7, 11) is -2.62. The molecule has 1 aliphatic heterocycles. The molecule has 0 amide bonds. The summed E-state index contributed by atoms with van der Waals surface area (Å²) in [5, 5.41) is 12.4. The van der Waals surface area contributed by atoms with Gasteiger partial charge in [0.1, 0.15) is 5.60 Å². The van der Waals surface area contributed by atoms with E-state index in [-0.39, 0.29) is 23.5 Å². The third-order valence-corrected chi connectivity index (χ3v) is 11.6. The van der Waals surface area contributed by atoms with Crippen molar-refractivity contribution in [2.24, 2.45) is 5.92 Å². The van der Waals surface area contributed by atoms with Gasteiger partial charge in [-0.3, -0.25) is 4.79 Å². The van der Waals surface area contributed by atoms with Crippen LogP contribution >= 0.6 is 0 Å². The van der Waals surface area contributed by atoms with Gasteiger partial charge in [-0.05, 0) is 40.6 Å². The highest BCUT2D eigenvalue weighted by atomic mass is 28.4. The molecule has 31 heavy (non-hydrogen) atoms. The van der Waals surface area contributed by atoms with Gasteiger partial charge in [0, 0.05) is 13.0 Å². The van der Waals surface area contributed by atoms with Crippen molar-refractivity contribution in [3.05, 3.63) is 60.7 Å². The maximum Gasteiger partial charge on any atom is 0.306 e. The van der Waals surface area contributed by atoms with E-state index in [4.69, 9.17) is 9.16 Å². The summed E-state index contributed by atoms with van der Waals surface area (Å²) in [5.74, 6) is -0.0657. The molecule has 0 radical (unpaired) electrons. The molecule has 1 fully saturated rings. The summed E-state index contributed by atoms with van der Waals surface area (Å²) < 4.78 is 12.7. The zero-order valence-corrected chi connectivity index (χ0v) is 20.3. The molecule has 168 valence electrons. The number of carbonyl (C=O) groups excluding carboxylic acids is 1. The molecule has 0 saturated carbocycles. The van der Waals surface area contributed by atoms with E-state index in [1.54, 1.807) is 0 Å². The number of benzene rings is 2. The molecule has 0 aliphatic carbocycles. The maximum atomic E-state index is 12.2. The van der Waals surface area contributed by atoms with Gasteiger partial charge in [0.05, 0.1) is 6.61 Å². The van der Waals surface area contributed by atoms with E-state index in [9.17, 15) is 9.90 Å². The number of esters is 1. The smallest absolute Gasteiger partial charge is 0.306 e. The number of hydrogen-bond acceptors (Lipinski definition) is 4. The van der Waals surface area contributed by atoms with E-state index in [1.165, 1.54) is 10.4 Å². The van der Waals surface area contributed by atoms with Crippen LogP contribution in [0.25, 0.3) is 0 Å². The zero-order valence-electron chi connectivity index (χ0n) is 19.3. The highest BCUT2D eigenvalue weighted by molar-refractivity contribution is 6.99. The van der Waals surface area contributed by atoms with Gasteiger partial charge in [-0.25, -0.2) is 0 Å². The molecule has 1 saturated heterocycles. The van der Waals surface area contributed by atoms with Gasteiger partial charge in [0.2, 0.25) is 0 Å². The summed E-state index contributed by atoms with van der Waals surface area (Å²) in [5.41, 5.74) is -0.799. The highest BCUT2D eigenvalue weighted by Gasteiger charge is 2.50. The number of hydrogen-bond donors (Lipinski definition) is 1. The average molecular weight is 441 g/mol. The van der Waals surface area contributed by atoms with Crippen LogP contribution in [0.2, 0.25) is 5.04 Å². The molecule has 5 heteroatoms. The van der Waals surface area contributed by atoms with Crippen molar-refractivity contribution in [1.29, 1.82) is 0 Å². The first kappa shape index (κ1) is 23.7. The fraction of sp³-hybridized carbons (Fsp3) is 0.500. The molecule has 2 atom stereocenters. The second kappa shape index (κ2) is 9.68. The van der Waals surface area contributed by atoms with E-state index in [2.05, 4.69) is 69.3 Å². The predicted octanol–water partition coefficient (Wildman–Crippen LogP) is 4.05. The van der Waals surface area contributed by atoms with Gasteiger partial charge >= 0.3 is 5.97 Å². The Labute approximate surface area is 187 Å². The Morgan fingerprint density at radius 1 is 1.06 bits per heavy atom. The summed E-state index contributed by atoms with van der Waals surface area (Å²) in [6.45, 7) is 9.17. The second-order valence-electron chi connectivity index (χ2n) is 9.75. The Hall–Kier alpha value is -1.95. The van der Waals surface area contributed by atoms with E-state index >= 15 is 0 Å². The van der Waals surface area contributed by atoms with Crippen molar-refractivity contribution >= 4 is 24.7 Å². The molecule has 0 unspecified atom stereocenters. The summed E-state index contributed by atoms with van der Waals surface area (Å²) in [6.07, 6.45) is 2.32. The quantitative estimate of drug-likeness (QED) is 0.521. The topological polar surface area (TPSA) is 55.8 Å². The standard InChI is InChI=1S/C26H36O4Si/c1-5-26(20-27)18-21(16-17-24(28)30-26)19-29-31(25(2,3)4,22-12-8-6-9-13-22)23-14-10-7-11-15-23/h6-15,21,27H,5,16-20H2,1-4H3/t21-,26+/m1/s1. The van der Waals surface area contributed by atoms with Crippen LogP contribution < -0.4 is 10.4 Å². The van der Waals surface area contributed by atoms with Crippen molar-refractivity contribution in [2.75, 3.05) is 13.2 Å². The Balaban J connectivity index is 1.99. The molecule has 1 N–H and O–H groups in total. The monoisotopic (exact) mass is 440 g/mol. The molecule has 0 bridgehead atoms. The van der Waals surface area contributed by atoms with E-state index in [1.807, 2.05) is 19.1 Å². The summed E-state index contributed by atoms with van der Waals surface area (Å²) in [6, 6.07) is 21.2. The fourth-order valence-corrected chi connectivity index (χ4v) is 9.50. The Morgan fingerprint density at radius 3 is 2.06 bits per heavy atom. The van der Waals surface area contributed by atoms with Crippen molar-refractivity contribution in [3.63, 3.8) is 0 Å². The number of aliphatic hydroxyl groups excluding tert-OH is 1. The average Bonchev–Trinajstić information content (AvgIpc) is 2.94. The van der Waals surface area contributed by atoms with Crippen molar-refractivity contribution in [3.8, 4) is 0 Å². The van der Waals surface area contributed by atoms with Crippen LogP contribution in [-0.2, 0) is 14.0 Å². The normalized spacial score (nSPS) is 22.6. The van der Waals surface area contributed by atoms with Crippen molar-refractivity contribution < 1.29 is 19.1 Å². The largest absolute Gasteiger partial charge is 0.457 e. The van der Waals surface area contributed by atoms with Crippen molar-refractivity contribution in [2.45, 2.75) is 64.0 Å². The number of cyclic esters (lactones) is 1. The van der Waals surface area contributed by atoms with E-state index < -0.39 is 13.9 Å². The van der Waals surface area contributed by atoms with Crippen LogP contribution in [0.5, 0.6) is 0 Å². The third-order valence-electron chi connectivity index (χ3n) is 6.63. The molecule has 1 aliphatic rings. The van der Waals surface area contributed by atoms with Gasteiger partial charge < -0.3 is 14.3 Å². The predicted molar refractivity (Wildman–Crippen MR) is 127 cm³/mol. The van der Waals surface area contributed by atoms with Crippen LogP contribution in [0.3, 0.4) is 0 Å². The SMILES string of the molecule is CC[C@@]1(CO)C[C@H](CO[Si](c2ccccc2)(c2ccccc2)C(C)(C)C)CCC(=O)O1. The highest BCUT2D eigenvalue weighted by Crippen LogP contribution is 2.38. The number of carbonyl (C=O) groups is 1. The number of aliphatic hydroxyl groups is 1. The number of ether oxygens (including phenoxy) is 1. The van der Waals surface area contributed by atoms with Crippen LogP contribution in [0, 0.1) is 5.92 Å². The van der Waals surface area contributed by atoms with Crippen LogP contribution in [0.4, 0.5) is 0 Å². The van der Waals surface area contributed by atoms with Gasteiger partial charge in [0.25, 0.3) is 8.32 Å². The van der Waals surface area contributed by atoms with E-state index in [0.717, 1.165) is 6.42 Å². The van der Waals surface area contributed by atoms with Crippen LogP contribution in [-0.4, -0.2) is 38.2 Å². The molecule has 2 aromatic carbocycles. The minimum absolute atomic E-state index is 0.0917. The Morgan fingerprint density at radius 2 is 1.61 bits per heavy atom. The fourth-order valence-electron chi connectivity index (χ4n) is 4.86. The number of rotatable bonds is 7. The molecular formula is C26H36O4Si. The lowest BCUT2D eigenvalue weighted by Gasteiger charge is -2.44. The molecule has 1 heterocycles. The van der Waals surface area contributed by atoms with Crippen molar-refractivity contribution in [1.82, 2.24) is 0 Å². The lowest BCUT2D eigenvalue weighted by molar-refractivity contribution is -0.164. The Kier molecular flexibility index (Phi) is 7.40. The second-order valence-corrected chi connectivity index (χ2v) is 14.1. The lowest BCUT2D eigenvalue weighted by Crippen LogP contribution is -2.67. The summed E-state index contributed by atoms with van der Waals surface area (Å²) >= 11 is 0. The third kappa shape index (κ3) is 4.94. The first-order chi connectivity index (χ1) is 14.8. The molecule has 4 nitrogen and oxygen atoms in total. The molecule has 2 aromatic rings. The van der Waals surface area contributed by atoms with Crippen LogP contribution in [0.1, 0.15) is 53.4 Å². The zero-order chi connectivity index (χ0) is 22.5. The minimum Gasteiger partial charge on any atom is -0.457 e. The lowest BCUT2D eigenvalue weighted by atomic mass is 9.88. The first-order valence-corrected chi connectivity index (χ1v) is 13.2. The van der Waals surface area contributed by atoms with Gasteiger partial charge in [-0.1, -0.05) is 88.4 Å². The molecule has 3 rings (SSSR count). The van der Waals surface area contributed by atoms with Gasteiger partial charge in [-0.15, -0.1) is 0 Å². The van der Waals surface area contributed by atoms with E-state index in [0.29, 0.717) is 25.9 Å². The van der Waals surface area contributed by atoms with Gasteiger partial charge in [0.15, 0.2) is 0 Å². The van der Waals surface area contributed by atoms with Gasteiger partial charge in [-0.2, -0.15) is 0 Å². The molecule has 0 spiro atoms. The molecular weight excluding hydrogens is 404 g/mol. The maximum absolute atomic E-state index is 12.2. The Bertz CT molecular complexity index is 801. The minimum atomic E-state index is -2.62. The first-order valence-electron chi connectivity index (χ1n) is 11.3. The molecule has 0 aromatic heterocycles. The van der Waals surface area contributed by atoms with Crippen LogP contribution in [0.15, 0.2) is 60.7 Å². The summed E-state index contributed by atoms with van der Waals surface area (Å²) in [4.78, 5) is 12.2.